The summed E-state index contributed by atoms with van der Waals surface area (Å²) in [7, 11) is 0. The van der Waals surface area contributed by atoms with Gasteiger partial charge in [0.15, 0.2) is 11.8 Å². The van der Waals surface area contributed by atoms with Crippen molar-refractivity contribution in [3.8, 4) is 5.75 Å². The normalized spacial score (nSPS) is 15.5. The van der Waals surface area contributed by atoms with Crippen LogP contribution in [0.3, 0.4) is 0 Å². The van der Waals surface area contributed by atoms with Gasteiger partial charge in [0, 0.05) is 18.3 Å². The summed E-state index contributed by atoms with van der Waals surface area (Å²) < 4.78 is 86.3. The van der Waals surface area contributed by atoms with Gasteiger partial charge in [-0.3, -0.25) is 19.3 Å². The maximum atomic E-state index is 12.9. The third-order valence-electron chi connectivity index (χ3n) is 4.36. The van der Waals surface area contributed by atoms with Gasteiger partial charge >= 0.3 is 6.61 Å². The van der Waals surface area contributed by atoms with Crippen LogP contribution < -0.4 is 20.7 Å². The molecule has 1 atom stereocenters. The molecule has 184 valence electrons. The number of primary amides is 1. The highest BCUT2D eigenvalue weighted by Gasteiger charge is 2.35. The van der Waals surface area contributed by atoms with E-state index >= 15 is 0 Å². The molecule has 1 aromatic rings. The molecule has 1 aromatic carbocycles. The van der Waals surface area contributed by atoms with Gasteiger partial charge in [-0.05, 0) is 12.1 Å². The SMILES string of the molecule is NC(=O)[C@H](C(=O)Nc1ccc(N2CCOCC2=O)cc1OC(F)F)N(CC(F)F)CC(F)F. The number of alkyl halides is 6. The summed E-state index contributed by atoms with van der Waals surface area (Å²) in [5.74, 6) is -4.03. The van der Waals surface area contributed by atoms with Crippen molar-refractivity contribution in [1.82, 2.24) is 4.90 Å². The van der Waals surface area contributed by atoms with Gasteiger partial charge in [0.25, 0.3) is 24.7 Å². The third kappa shape index (κ3) is 7.49. The first kappa shape index (κ1) is 26.2. The monoisotopic (exact) mass is 486 g/mol. The number of rotatable bonds is 11. The van der Waals surface area contributed by atoms with Crippen LogP contribution in [0.4, 0.5) is 37.7 Å². The number of carbonyl (C=O) groups excluding carboxylic acids is 3. The number of halogens is 6. The summed E-state index contributed by atoms with van der Waals surface area (Å²) in [5, 5.41) is 2.01. The summed E-state index contributed by atoms with van der Waals surface area (Å²) in [6.45, 7) is -6.06. The highest BCUT2D eigenvalue weighted by molar-refractivity contribution is 6.10. The van der Waals surface area contributed by atoms with Crippen molar-refractivity contribution in [2.45, 2.75) is 25.5 Å². The Kier molecular flexibility index (Phi) is 9.28. The van der Waals surface area contributed by atoms with Crippen LogP contribution in [0.15, 0.2) is 18.2 Å². The van der Waals surface area contributed by atoms with Gasteiger partial charge < -0.3 is 25.4 Å². The standard InChI is InChI=1S/C18H20F6N4O5/c19-12(20)6-27(7-13(21)22)15(16(25)30)17(31)26-10-2-1-9(5-11(10)33-18(23)24)28-3-4-32-8-14(28)29/h1-2,5,12-13,15,18H,3-4,6-8H2,(H2,25,30)(H,26,31)/t15-/m1/s1. The number of amides is 3. The zero-order valence-corrected chi connectivity index (χ0v) is 16.9. The fraction of sp³-hybridized carbons (Fsp3) is 0.500. The molecule has 0 spiro atoms. The number of carbonyl (C=O) groups is 3. The van der Waals surface area contributed by atoms with E-state index in [2.05, 4.69) is 4.74 Å². The van der Waals surface area contributed by atoms with Gasteiger partial charge in [0.1, 0.15) is 6.61 Å². The van der Waals surface area contributed by atoms with Crippen LogP contribution in [-0.4, -0.2) is 81.0 Å². The van der Waals surface area contributed by atoms with Crippen LogP contribution in [0.1, 0.15) is 0 Å². The maximum absolute atomic E-state index is 12.9. The van der Waals surface area contributed by atoms with Crippen LogP contribution in [0.2, 0.25) is 0 Å². The van der Waals surface area contributed by atoms with Crippen LogP contribution in [0.5, 0.6) is 5.75 Å². The fourth-order valence-electron chi connectivity index (χ4n) is 3.08. The molecule has 15 heteroatoms. The lowest BCUT2D eigenvalue weighted by molar-refractivity contribution is -0.134. The molecular formula is C18H20F6N4O5. The average molecular weight is 486 g/mol. The van der Waals surface area contributed by atoms with E-state index in [-0.39, 0.29) is 30.3 Å². The lowest BCUT2D eigenvalue weighted by atomic mass is 10.1. The zero-order chi connectivity index (χ0) is 24.7. The number of ether oxygens (including phenoxy) is 2. The molecule has 0 aromatic heterocycles. The topological polar surface area (TPSA) is 114 Å². The molecule has 0 radical (unpaired) electrons. The molecule has 1 aliphatic heterocycles. The molecule has 0 aliphatic carbocycles. The number of hydrogen-bond donors (Lipinski definition) is 2. The number of hydrogen-bond acceptors (Lipinski definition) is 6. The molecule has 0 bridgehead atoms. The lowest BCUT2D eigenvalue weighted by Crippen LogP contribution is -2.54. The van der Waals surface area contributed by atoms with Gasteiger partial charge in [0.2, 0.25) is 5.91 Å². The summed E-state index contributed by atoms with van der Waals surface area (Å²) in [6.07, 6.45) is -6.36. The molecule has 1 aliphatic rings. The van der Waals surface area contributed by atoms with Crippen LogP contribution in [0, 0.1) is 0 Å². The Morgan fingerprint density at radius 1 is 1.15 bits per heavy atom. The first-order chi connectivity index (χ1) is 15.5. The van der Waals surface area contributed by atoms with Crippen molar-refractivity contribution in [1.29, 1.82) is 0 Å². The van der Waals surface area contributed by atoms with E-state index in [1.165, 1.54) is 11.0 Å². The second-order valence-corrected chi connectivity index (χ2v) is 6.69. The molecule has 33 heavy (non-hydrogen) atoms. The van der Waals surface area contributed by atoms with Crippen molar-refractivity contribution in [3.63, 3.8) is 0 Å². The molecule has 3 amide bonds. The van der Waals surface area contributed by atoms with Crippen molar-refractivity contribution in [2.75, 3.05) is 43.1 Å². The summed E-state index contributed by atoms with van der Waals surface area (Å²) in [6, 6.07) is 1.05. The largest absolute Gasteiger partial charge is 0.433 e. The van der Waals surface area contributed by atoms with E-state index in [0.717, 1.165) is 12.1 Å². The summed E-state index contributed by atoms with van der Waals surface area (Å²) in [4.78, 5) is 37.7. The summed E-state index contributed by atoms with van der Waals surface area (Å²) >= 11 is 0. The Morgan fingerprint density at radius 2 is 1.79 bits per heavy atom. The molecule has 2 rings (SSSR count). The van der Waals surface area contributed by atoms with Crippen molar-refractivity contribution < 1.29 is 50.2 Å². The first-order valence-electron chi connectivity index (χ1n) is 9.37. The van der Waals surface area contributed by atoms with Crippen molar-refractivity contribution >= 4 is 29.1 Å². The number of morpholine rings is 1. The molecule has 3 N–H and O–H groups in total. The Hall–Kier alpha value is -3.07. The highest BCUT2D eigenvalue weighted by atomic mass is 19.3. The molecule has 1 saturated heterocycles. The van der Waals surface area contributed by atoms with Gasteiger partial charge in [-0.2, -0.15) is 8.78 Å². The van der Waals surface area contributed by atoms with E-state index in [1.807, 2.05) is 5.32 Å². The van der Waals surface area contributed by atoms with Gasteiger partial charge in [-0.15, -0.1) is 0 Å². The molecular weight excluding hydrogens is 466 g/mol. The second-order valence-electron chi connectivity index (χ2n) is 6.69. The van der Waals surface area contributed by atoms with Crippen molar-refractivity contribution in [2.24, 2.45) is 5.73 Å². The smallest absolute Gasteiger partial charge is 0.387 e. The molecule has 0 saturated carbocycles. The molecule has 1 heterocycles. The predicted octanol–water partition coefficient (Wildman–Crippen LogP) is 1.28. The van der Waals surface area contributed by atoms with Crippen LogP contribution >= 0.6 is 0 Å². The molecule has 9 nitrogen and oxygen atoms in total. The number of nitrogens with zero attached hydrogens (tertiary/aromatic N) is 2. The Balaban J connectivity index is 2.33. The van der Waals surface area contributed by atoms with E-state index in [4.69, 9.17) is 10.5 Å². The lowest BCUT2D eigenvalue weighted by Gasteiger charge is -2.29. The van der Waals surface area contributed by atoms with Crippen LogP contribution in [-0.2, 0) is 19.1 Å². The second kappa shape index (κ2) is 11.7. The van der Waals surface area contributed by atoms with Crippen molar-refractivity contribution in [3.05, 3.63) is 18.2 Å². The minimum absolute atomic E-state index is 0.110. The number of nitrogens with two attached hydrogens (primary N) is 1. The molecule has 1 fully saturated rings. The average Bonchev–Trinajstić information content (AvgIpc) is 2.68. The Morgan fingerprint density at radius 3 is 2.30 bits per heavy atom. The van der Waals surface area contributed by atoms with Gasteiger partial charge in [-0.25, -0.2) is 17.6 Å². The molecule has 0 unspecified atom stereocenters. The third-order valence-corrected chi connectivity index (χ3v) is 4.36. The van der Waals surface area contributed by atoms with Gasteiger partial charge in [0.05, 0.1) is 25.4 Å². The fourth-order valence-corrected chi connectivity index (χ4v) is 3.08. The Bertz CT molecular complexity index is 850. The number of benzene rings is 1. The first-order valence-corrected chi connectivity index (χ1v) is 9.37. The van der Waals surface area contributed by atoms with Crippen LogP contribution in [0.25, 0.3) is 0 Å². The van der Waals surface area contributed by atoms with Gasteiger partial charge in [-0.1, -0.05) is 0 Å². The number of nitrogens with one attached hydrogen (secondary N) is 1. The van der Waals surface area contributed by atoms with E-state index in [9.17, 15) is 40.7 Å². The highest BCUT2D eigenvalue weighted by Crippen LogP contribution is 2.32. The van der Waals surface area contributed by atoms with E-state index in [1.54, 1.807) is 0 Å². The minimum atomic E-state index is -3.36. The zero-order valence-electron chi connectivity index (χ0n) is 16.9. The van der Waals surface area contributed by atoms with E-state index < -0.39 is 67.8 Å². The summed E-state index contributed by atoms with van der Waals surface area (Å²) in [5.41, 5.74) is 4.75. The number of anilines is 2. The predicted molar refractivity (Wildman–Crippen MR) is 101 cm³/mol. The minimum Gasteiger partial charge on any atom is -0.433 e. The maximum Gasteiger partial charge on any atom is 0.387 e. The van der Waals surface area contributed by atoms with E-state index in [0.29, 0.717) is 0 Å². The Labute approximate surface area is 183 Å². The quantitative estimate of drug-likeness (QED) is 0.360.